The van der Waals surface area contributed by atoms with Crippen molar-refractivity contribution in [2.75, 3.05) is 0 Å². The minimum absolute atomic E-state index is 4.61. The average Bonchev–Trinajstić information content (AvgIpc) is 1.62. The van der Waals surface area contributed by atoms with Gasteiger partial charge < -0.3 is 76.7 Å². The smallest absolute Gasteiger partial charge is 0.368 e. The Labute approximate surface area is 114 Å². The van der Waals surface area contributed by atoms with Gasteiger partial charge in [-0.3, -0.25) is 0 Å². The summed E-state index contributed by atoms with van der Waals surface area (Å²) in [6.45, 7) is 0. The van der Waals surface area contributed by atoms with Gasteiger partial charge >= 0.3 is 36.2 Å². The molecule has 0 aliphatic rings. The Balaban J connectivity index is -0.0000000853. The molecule has 0 spiro atoms. The summed E-state index contributed by atoms with van der Waals surface area (Å²) >= 11 is 0. The first kappa shape index (κ1) is 28.4. The fourth-order valence-corrected chi connectivity index (χ4v) is 0. The Bertz CT molecular complexity index is 124. The van der Waals surface area contributed by atoms with Crippen LogP contribution in [0.5, 0.6) is 0 Å². The maximum absolute atomic E-state index is 7.33. The predicted molar refractivity (Wildman–Crippen MR) is 58.5 cm³/mol. The largest absolute Gasteiger partial charge is 0.668 e. The second-order valence-corrected chi connectivity index (χ2v) is 7.20. The molecule has 0 saturated carbocycles. The molecule has 0 rings (SSSR count). The zero-order valence-electron chi connectivity index (χ0n) is 9.16. The van der Waals surface area contributed by atoms with Crippen molar-refractivity contribution in [2.45, 2.75) is 0 Å². The van der Waals surface area contributed by atoms with Crippen LogP contribution in [0.4, 0.5) is 0 Å². The maximum Gasteiger partial charge on any atom is 0.668 e. The Morgan fingerprint density at radius 2 is 0.200 bits per heavy atom. The average molecular weight is 384 g/mol. The Morgan fingerprint density at radius 1 is 0.200 bits per heavy atom. The molecule has 0 heterocycles. The lowest BCUT2D eigenvalue weighted by Crippen LogP contribution is -2.33. The summed E-state index contributed by atoms with van der Waals surface area (Å²) in [5.74, 6) is 0. The molecule has 0 aromatic heterocycles. The van der Waals surface area contributed by atoms with E-state index in [2.05, 4.69) is 0 Å². The molecule has 0 fully saturated rings. The van der Waals surface area contributed by atoms with Gasteiger partial charge in [0.05, 0.1) is 0 Å². The standard InChI is InChI=1S/4H4O4Si/c4*1-5(2,3)4/h4*1-4H. The van der Waals surface area contributed by atoms with Crippen LogP contribution in [0, 0.1) is 0 Å². The summed E-state index contributed by atoms with van der Waals surface area (Å²) in [5.41, 5.74) is 0. The summed E-state index contributed by atoms with van der Waals surface area (Å²) in [7, 11) is -18.4. The first-order valence-corrected chi connectivity index (χ1v) is 10.7. The molecule has 20 heavy (non-hydrogen) atoms. The Hall–Kier alpha value is 0.228. The van der Waals surface area contributed by atoms with Crippen LogP contribution in [-0.4, -0.2) is 113 Å². The van der Waals surface area contributed by atoms with Gasteiger partial charge in [-0.05, 0) is 0 Å². The summed E-state index contributed by atoms with van der Waals surface area (Å²) in [6.07, 6.45) is 0. The summed E-state index contributed by atoms with van der Waals surface area (Å²) in [6, 6.07) is 0. The fourth-order valence-electron chi connectivity index (χ4n) is 0. The van der Waals surface area contributed by atoms with E-state index in [1.165, 1.54) is 0 Å². The third-order valence-electron chi connectivity index (χ3n) is 0. The fraction of sp³-hybridized carbons (Fsp3) is 0. The molecule has 0 saturated heterocycles. The highest BCUT2D eigenvalue weighted by molar-refractivity contribution is 6.47. The van der Waals surface area contributed by atoms with Crippen molar-refractivity contribution in [2.24, 2.45) is 0 Å². The van der Waals surface area contributed by atoms with E-state index >= 15 is 0 Å². The molecule has 0 aliphatic heterocycles. The second kappa shape index (κ2) is 10.9. The molecule has 0 aromatic carbocycles. The number of hydrogen-bond donors (Lipinski definition) is 16. The number of hydrogen-bond acceptors (Lipinski definition) is 16. The predicted octanol–water partition coefficient (Wildman–Crippen LogP) is -10.4. The summed E-state index contributed by atoms with van der Waals surface area (Å²) in [5, 5.41) is 0. The lowest BCUT2D eigenvalue weighted by Gasteiger charge is -1.91. The van der Waals surface area contributed by atoms with Crippen LogP contribution in [0.3, 0.4) is 0 Å². The SMILES string of the molecule is O[Si](O)(O)O.O[Si](O)(O)O.O[Si](O)(O)O.O[Si](O)(O)O. The van der Waals surface area contributed by atoms with Crippen LogP contribution >= 0.6 is 0 Å². The highest BCUT2D eigenvalue weighted by Gasteiger charge is 2.23. The quantitative estimate of drug-likeness (QED) is 0.172. The molecule has 0 unspecified atom stereocenters. The first-order valence-electron chi connectivity index (χ1n) is 3.58. The molecule has 0 radical (unpaired) electrons. The zero-order valence-corrected chi connectivity index (χ0v) is 13.2. The summed E-state index contributed by atoms with van der Waals surface area (Å²) in [4.78, 5) is 117. The van der Waals surface area contributed by atoms with Crippen LogP contribution in [0.25, 0.3) is 0 Å². The van der Waals surface area contributed by atoms with E-state index < -0.39 is 36.2 Å². The van der Waals surface area contributed by atoms with Gasteiger partial charge in [-0.15, -0.1) is 0 Å². The van der Waals surface area contributed by atoms with E-state index in [4.69, 9.17) is 76.7 Å². The lowest BCUT2D eigenvalue weighted by atomic mass is 15.7. The maximum atomic E-state index is 7.33. The van der Waals surface area contributed by atoms with Gasteiger partial charge in [-0.2, -0.15) is 0 Å². The van der Waals surface area contributed by atoms with Crippen molar-refractivity contribution in [1.29, 1.82) is 0 Å². The van der Waals surface area contributed by atoms with Crippen molar-refractivity contribution in [3.63, 3.8) is 0 Å². The van der Waals surface area contributed by atoms with Crippen LogP contribution in [-0.2, 0) is 0 Å². The van der Waals surface area contributed by atoms with Gasteiger partial charge in [-0.25, -0.2) is 0 Å². The van der Waals surface area contributed by atoms with Crippen LogP contribution in [0.1, 0.15) is 0 Å². The minimum atomic E-state index is -4.61. The van der Waals surface area contributed by atoms with Gasteiger partial charge in [0.1, 0.15) is 0 Å². The van der Waals surface area contributed by atoms with Crippen molar-refractivity contribution in [1.82, 2.24) is 0 Å². The van der Waals surface area contributed by atoms with Gasteiger partial charge in [0, 0.05) is 0 Å². The van der Waals surface area contributed by atoms with Crippen LogP contribution < -0.4 is 0 Å². The first-order chi connectivity index (χ1) is 8.00. The van der Waals surface area contributed by atoms with Crippen LogP contribution in [0.2, 0.25) is 0 Å². The van der Waals surface area contributed by atoms with Gasteiger partial charge in [0.25, 0.3) is 0 Å². The molecular weight excluding hydrogens is 368 g/mol. The topological polar surface area (TPSA) is 324 Å². The van der Waals surface area contributed by atoms with Crippen molar-refractivity contribution >= 4 is 36.2 Å². The molecule has 0 bridgehead atoms. The molecule has 16 N–H and O–H groups in total. The van der Waals surface area contributed by atoms with E-state index in [1.807, 2.05) is 0 Å². The second-order valence-electron chi connectivity index (χ2n) is 2.40. The van der Waals surface area contributed by atoms with Gasteiger partial charge in [0.15, 0.2) is 0 Å². The molecule has 20 heteroatoms. The molecule has 16 nitrogen and oxygen atoms in total. The van der Waals surface area contributed by atoms with E-state index in [0.29, 0.717) is 0 Å². The van der Waals surface area contributed by atoms with E-state index in [-0.39, 0.29) is 0 Å². The van der Waals surface area contributed by atoms with E-state index in [1.54, 1.807) is 0 Å². The molecule has 0 atom stereocenters. The van der Waals surface area contributed by atoms with Gasteiger partial charge in [0.2, 0.25) is 0 Å². The van der Waals surface area contributed by atoms with Crippen molar-refractivity contribution < 1.29 is 76.7 Å². The highest BCUT2D eigenvalue weighted by Crippen LogP contribution is 1.68. The monoisotopic (exact) mass is 384 g/mol. The van der Waals surface area contributed by atoms with E-state index in [0.717, 1.165) is 0 Å². The summed E-state index contributed by atoms with van der Waals surface area (Å²) < 4.78 is 0. The number of rotatable bonds is 0. The van der Waals surface area contributed by atoms with Gasteiger partial charge in [-0.1, -0.05) is 0 Å². The van der Waals surface area contributed by atoms with E-state index in [9.17, 15) is 0 Å². The van der Waals surface area contributed by atoms with Crippen molar-refractivity contribution in [3.8, 4) is 0 Å². The highest BCUT2D eigenvalue weighted by atomic mass is 28.4. The molecular formula is H16O16Si4. The molecule has 0 amide bonds. The third kappa shape index (κ3) is 104000. The molecule has 0 aromatic rings. The lowest BCUT2D eigenvalue weighted by molar-refractivity contribution is 0.115. The van der Waals surface area contributed by atoms with Crippen molar-refractivity contribution in [3.05, 3.63) is 0 Å². The zero-order chi connectivity index (χ0) is 18.0. The minimum Gasteiger partial charge on any atom is -0.368 e. The third-order valence-corrected chi connectivity index (χ3v) is 0. The molecule has 0 aliphatic carbocycles. The normalized spacial score (nSPS) is 12.0. The molecule has 128 valence electrons. The Morgan fingerprint density at radius 3 is 0.200 bits per heavy atom. The van der Waals surface area contributed by atoms with Crippen LogP contribution in [0.15, 0.2) is 0 Å². The Kier molecular flexibility index (Phi) is 15.5.